The Balaban J connectivity index is 1.32. The van der Waals surface area contributed by atoms with Gasteiger partial charge < -0.3 is 4.74 Å². The van der Waals surface area contributed by atoms with Gasteiger partial charge in [0.05, 0.1) is 0 Å². The van der Waals surface area contributed by atoms with Gasteiger partial charge in [-0.15, -0.1) is 0 Å². The molecular formula is C15H28O. The summed E-state index contributed by atoms with van der Waals surface area (Å²) in [4.78, 5) is 0. The van der Waals surface area contributed by atoms with Gasteiger partial charge in [-0.05, 0) is 55.8 Å². The van der Waals surface area contributed by atoms with E-state index in [1.165, 1.54) is 57.8 Å². The fraction of sp³-hybridized carbons (Fsp3) is 1.00. The number of rotatable bonds is 9. The van der Waals surface area contributed by atoms with E-state index in [0.717, 1.165) is 18.6 Å². The molecule has 0 bridgehead atoms. The maximum absolute atomic E-state index is 5.70. The summed E-state index contributed by atoms with van der Waals surface area (Å²) >= 11 is 0. The molecule has 94 valence electrons. The van der Waals surface area contributed by atoms with Gasteiger partial charge in [0.15, 0.2) is 0 Å². The van der Waals surface area contributed by atoms with Crippen LogP contribution < -0.4 is 0 Å². The van der Waals surface area contributed by atoms with Gasteiger partial charge in [0.25, 0.3) is 0 Å². The van der Waals surface area contributed by atoms with Crippen molar-refractivity contribution < 1.29 is 4.74 Å². The van der Waals surface area contributed by atoms with Crippen molar-refractivity contribution in [3.8, 4) is 0 Å². The molecule has 16 heavy (non-hydrogen) atoms. The van der Waals surface area contributed by atoms with Crippen LogP contribution in [-0.2, 0) is 4.74 Å². The summed E-state index contributed by atoms with van der Waals surface area (Å²) in [5.74, 6) is 0. The van der Waals surface area contributed by atoms with Crippen molar-refractivity contribution in [3.63, 3.8) is 0 Å². The molecule has 0 aromatic carbocycles. The first-order chi connectivity index (χ1) is 7.62. The Morgan fingerprint density at radius 2 is 1.38 bits per heavy atom. The third kappa shape index (κ3) is 4.45. The summed E-state index contributed by atoms with van der Waals surface area (Å²) in [6, 6.07) is 0. The molecule has 1 nitrogen and oxygen atoms in total. The summed E-state index contributed by atoms with van der Waals surface area (Å²) in [7, 11) is 0. The van der Waals surface area contributed by atoms with E-state index in [4.69, 9.17) is 4.74 Å². The molecule has 2 fully saturated rings. The predicted molar refractivity (Wildman–Crippen MR) is 68.6 cm³/mol. The minimum absolute atomic E-state index is 0.667. The molecule has 0 aromatic heterocycles. The fourth-order valence-electron chi connectivity index (χ4n) is 2.28. The lowest BCUT2D eigenvalue weighted by atomic mass is 10.0. The third-order valence-corrected chi connectivity index (χ3v) is 4.63. The third-order valence-electron chi connectivity index (χ3n) is 4.63. The monoisotopic (exact) mass is 224 g/mol. The van der Waals surface area contributed by atoms with E-state index in [9.17, 15) is 0 Å². The second kappa shape index (κ2) is 5.08. The Kier molecular flexibility index (Phi) is 3.94. The van der Waals surface area contributed by atoms with E-state index in [1.54, 1.807) is 0 Å². The van der Waals surface area contributed by atoms with Crippen LogP contribution in [0.3, 0.4) is 0 Å². The first-order valence-corrected chi connectivity index (χ1v) is 7.20. The zero-order chi connectivity index (χ0) is 11.5. The molecule has 0 aromatic rings. The second-order valence-corrected chi connectivity index (χ2v) is 6.79. The number of ether oxygens (including phenoxy) is 1. The molecule has 0 unspecified atom stereocenters. The van der Waals surface area contributed by atoms with Crippen LogP contribution in [0.2, 0.25) is 0 Å². The van der Waals surface area contributed by atoms with E-state index >= 15 is 0 Å². The largest absolute Gasteiger partial charge is 0.381 e. The van der Waals surface area contributed by atoms with Crippen molar-refractivity contribution >= 4 is 0 Å². The minimum atomic E-state index is 0.667. The summed E-state index contributed by atoms with van der Waals surface area (Å²) in [5.41, 5.74) is 1.42. The molecule has 1 heteroatoms. The zero-order valence-corrected chi connectivity index (χ0v) is 11.2. The molecule has 2 rings (SSSR count). The molecule has 0 spiro atoms. The number of hydrogen-bond acceptors (Lipinski definition) is 1. The molecule has 0 saturated heterocycles. The van der Waals surface area contributed by atoms with Crippen LogP contribution in [0, 0.1) is 10.8 Å². The molecule has 0 N–H and O–H groups in total. The fourth-order valence-corrected chi connectivity index (χ4v) is 2.28. The lowest BCUT2D eigenvalue weighted by Crippen LogP contribution is -2.03. The predicted octanol–water partition coefficient (Wildman–Crippen LogP) is 4.55. The summed E-state index contributed by atoms with van der Waals surface area (Å²) < 4.78 is 5.70. The van der Waals surface area contributed by atoms with Crippen LogP contribution in [0.15, 0.2) is 0 Å². The maximum Gasteiger partial charge on any atom is 0.0471 e. The van der Waals surface area contributed by atoms with Gasteiger partial charge in [-0.3, -0.25) is 0 Å². The SMILES string of the molecule is CC1(CCCCCOCCC2(C)CC2)CC1. The van der Waals surface area contributed by atoms with Crippen LogP contribution in [0.25, 0.3) is 0 Å². The maximum atomic E-state index is 5.70. The standard InChI is InChI=1S/C15H28O/c1-14(7-8-14)6-4-3-5-12-16-13-11-15(2)9-10-15/h3-13H2,1-2H3. The van der Waals surface area contributed by atoms with Crippen molar-refractivity contribution in [2.24, 2.45) is 10.8 Å². The average molecular weight is 224 g/mol. The Morgan fingerprint density at radius 3 is 2.00 bits per heavy atom. The Hall–Kier alpha value is -0.0400. The average Bonchev–Trinajstić information content (AvgIpc) is 3.14. The number of unbranched alkanes of at least 4 members (excludes halogenated alkanes) is 2. The van der Waals surface area contributed by atoms with E-state index in [-0.39, 0.29) is 0 Å². The van der Waals surface area contributed by atoms with Gasteiger partial charge in [-0.25, -0.2) is 0 Å². The molecule has 2 aliphatic rings. The van der Waals surface area contributed by atoms with E-state index in [0.29, 0.717) is 5.41 Å². The lowest BCUT2D eigenvalue weighted by molar-refractivity contribution is 0.115. The Morgan fingerprint density at radius 1 is 0.750 bits per heavy atom. The van der Waals surface area contributed by atoms with Gasteiger partial charge in [0.2, 0.25) is 0 Å². The van der Waals surface area contributed by atoms with Crippen LogP contribution >= 0.6 is 0 Å². The minimum Gasteiger partial charge on any atom is -0.381 e. The van der Waals surface area contributed by atoms with Crippen molar-refractivity contribution in [1.82, 2.24) is 0 Å². The highest BCUT2D eigenvalue weighted by Crippen LogP contribution is 2.49. The molecule has 0 aliphatic heterocycles. The molecule has 0 amide bonds. The quantitative estimate of drug-likeness (QED) is 0.522. The van der Waals surface area contributed by atoms with E-state index < -0.39 is 0 Å². The molecule has 0 heterocycles. The highest BCUT2D eigenvalue weighted by Gasteiger charge is 2.36. The summed E-state index contributed by atoms with van der Waals surface area (Å²) in [6.45, 7) is 6.80. The molecule has 0 radical (unpaired) electrons. The van der Waals surface area contributed by atoms with Crippen molar-refractivity contribution in [2.75, 3.05) is 13.2 Å². The van der Waals surface area contributed by atoms with Crippen LogP contribution in [0.1, 0.15) is 71.6 Å². The van der Waals surface area contributed by atoms with Crippen LogP contribution in [0.4, 0.5) is 0 Å². The highest BCUT2D eigenvalue weighted by atomic mass is 16.5. The number of hydrogen-bond donors (Lipinski definition) is 0. The van der Waals surface area contributed by atoms with Gasteiger partial charge in [-0.1, -0.05) is 26.7 Å². The highest BCUT2D eigenvalue weighted by molar-refractivity contribution is 4.88. The van der Waals surface area contributed by atoms with Gasteiger partial charge in [-0.2, -0.15) is 0 Å². The smallest absolute Gasteiger partial charge is 0.0471 e. The molecule has 0 atom stereocenters. The van der Waals surface area contributed by atoms with Crippen molar-refractivity contribution in [2.45, 2.75) is 71.6 Å². The topological polar surface area (TPSA) is 9.23 Å². The Bertz CT molecular complexity index is 189. The second-order valence-electron chi connectivity index (χ2n) is 6.79. The molecule has 2 saturated carbocycles. The summed E-state index contributed by atoms with van der Waals surface area (Å²) in [6.07, 6.45) is 12.6. The summed E-state index contributed by atoms with van der Waals surface area (Å²) in [5, 5.41) is 0. The first-order valence-electron chi connectivity index (χ1n) is 7.20. The zero-order valence-electron chi connectivity index (χ0n) is 11.2. The van der Waals surface area contributed by atoms with Gasteiger partial charge >= 0.3 is 0 Å². The van der Waals surface area contributed by atoms with Gasteiger partial charge in [0, 0.05) is 13.2 Å². The van der Waals surface area contributed by atoms with E-state index in [1.807, 2.05) is 0 Å². The molecule has 2 aliphatic carbocycles. The van der Waals surface area contributed by atoms with E-state index in [2.05, 4.69) is 13.8 Å². The van der Waals surface area contributed by atoms with Crippen molar-refractivity contribution in [3.05, 3.63) is 0 Å². The van der Waals surface area contributed by atoms with Crippen LogP contribution in [-0.4, -0.2) is 13.2 Å². The van der Waals surface area contributed by atoms with Gasteiger partial charge in [0.1, 0.15) is 0 Å². The lowest BCUT2D eigenvalue weighted by Gasteiger charge is -2.09. The normalized spacial score (nSPS) is 24.4. The molecular weight excluding hydrogens is 196 g/mol. The first kappa shape index (κ1) is 12.4. The Labute approximate surface area is 101 Å². The van der Waals surface area contributed by atoms with Crippen molar-refractivity contribution in [1.29, 1.82) is 0 Å². The van der Waals surface area contributed by atoms with Crippen LogP contribution in [0.5, 0.6) is 0 Å².